The third-order valence-corrected chi connectivity index (χ3v) is 1.90. The van der Waals surface area contributed by atoms with Gasteiger partial charge in [-0.15, -0.1) is 0 Å². The van der Waals surface area contributed by atoms with Crippen LogP contribution in [0.1, 0.15) is 25.7 Å². The Morgan fingerprint density at radius 1 is 0.571 bits per heavy atom. The number of pyridine rings is 1. The number of nitrogens with zero attached hydrogens (tertiary/aromatic N) is 1. The van der Waals surface area contributed by atoms with E-state index < -0.39 is 0 Å². The third kappa shape index (κ3) is 6.18. The second-order valence-corrected chi connectivity index (χ2v) is 3.12. The van der Waals surface area contributed by atoms with Gasteiger partial charge in [0.25, 0.3) is 0 Å². The van der Waals surface area contributed by atoms with Gasteiger partial charge in [-0.1, -0.05) is 30.4 Å². The molecule has 0 aliphatic heterocycles. The largest absolute Gasteiger partial charge is 0.265 e. The van der Waals surface area contributed by atoms with Crippen LogP contribution in [-0.4, -0.2) is 4.98 Å². The Kier molecular flexibility index (Phi) is 6.30. The number of hydrogen-bond acceptors (Lipinski definition) is 1. The Morgan fingerprint density at radius 3 is 1.21 bits per heavy atom. The van der Waals surface area contributed by atoms with Gasteiger partial charge in [-0.2, -0.15) is 0 Å². The van der Waals surface area contributed by atoms with Crippen molar-refractivity contribution in [3.05, 3.63) is 54.9 Å². The molecule has 0 radical (unpaired) electrons. The molecule has 0 saturated carbocycles. The van der Waals surface area contributed by atoms with E-state index in [0.717, 1.165) is 0 Å². The Hall–Kier alpha value is -1.37. The first-order chi connectivity index (χ1) is 7.00. The maximum atomic E-state index is 3.78. The zero-order chi connectivity index (χ0) is 9.90. The van der Waals surface area contributed by atoms with Crippen LogP contribution >= 0.6 is 0 Å². The van der Waals surface area contributed by atoms with Crippen molar-refractivity contribution in [3.8, 4) is 0 Å². The van der Waals surface area contributed by atoms with E-state index in [2.05, 4.69) is 29.3 Å². The zero-order valence-corrected chi connectivity index (χ0v) is 8.47. The second kappa shape index (κ2) is 8.24. The van der Waals surface area contributed by atoms with Crippen LogP contribution in [0, 0.1) is 0 Å². The molecule has 0 atom stereocenters. The molecule has 0 aromatic carbocycles. The highest BCUT2D eigenvalue weighted by atomic mass is 14.6. The number of allylic oxidation sites excluding steroid dienone is 4. The molecule has 1 heterocycles. The van der Waals surface area contributed by atoms with Gasteiger partial charge >= 0.3 is 0 Å². The summed E-state index contributed by atoms with van der Waals surface area (Å²) in [6, 6.07) is 5.72. The minimum atomic E-state index is 1.23. The van der Waals surface area contributed by atoms with E-state index >= 15 is 0 Å². The van der Waals surface area contributed by atoms with Crippen LogP contribution in [0.3, 0.4) is 0 Å². The Bertz CT molecular complexity index is 209. The molecule has 0 unspecified atom stereocenters. The van der Waals surface area contributed by atoms with Crippen molar-refractivity contribution in [1.82, 2.24) is 4.98 Å². The molecule has 1 aliphatic rings. The zero-order valence-electron chi connectivity index (χ0n) is 8.47. The standard InChI is InChI=1S/C8H12.C5H5N/c1-2-4-6-8-7-5-3-1;1-2-4-6-5-3-1/h1-2,7-8H,3-6H2;1-5H. The molecule has 1 heteroatoms. The minimum Gasteiger partial charge on any atom is -0.265 e. The number of rotatable bonds is 0. The first kappa shape index (κ1) is 10.7. The van der Waals surface area contributed by atoms with Gasteiger partial charge in [-0.3, -0.25) is 4.98 Å². The molecule has 14 heavy (non-hydrogen) atoms. The molecule has 0 N–H and O–H groups in total. The molecular formula is C13H17N. The summed E-state index contributed by atoms with van der Waals surface area (Å²) in [6.07, 6.45) is 17.5. The third-order valence-electron chi connectivity index (χ3n) is 1.90. The topological polar surface area (TPSA) is 12.9 Å². The summed E-state index contributed by atoms with van der Waals surface area (Å²) in [6.45, 7) is 0. The monoisotopic (exact) mass is 187 g/mol. The van der Waals surface area contributed by atoms with Crippen LogP contribution in [0.2, 0.25) is 0 Å². The molecule has 0 bridgehead atoms. The van der Waals surface area contributed by atoms with E-state index in [1.807, 2.05) is 18.2 Å². The quantitative estimate of drug-likeness (QED) is 0.564. The molecule has 0 saturated heterocycles. The Labute approximate surface area is 86.2 Å². The lowest BCUT2D eigenvalue weighted by Crippen LogP contribution is -1.71. The highest BCUT2D eigenvalue weighted by Crippen LogP contribution is 2.02. The molecular weight excluding hydrogens is 170 g/mol. The first-order valence-electron chi connectivity index (χ1n) is 5.15. The van der Waals surface area contributed by atoms with Crippen LogP contribution < -0.4 is 0 Å². The van der Waals surface area contributed by atoms with Crippen molar-refractivity contribution in [2.24, 2.45) is 0 Å². The van der Waals surface area contributed by atoms with Crippen molar-refractivity contribution in [1.29, 1.82) is 0 Å². The summed E-state index contributed by atoms with van der Waals surface area (Å²) in [5.74, 6) is 0. The summed E-state index contributed by atoms with van der Waals surface area (Å²) >= 11 is 0. The fraction of sp³-hybridized carbons (Fsp3) is 0.308. The van der Waals surface area contributed by atoms with Gasteiger partial charge in [0, 0.05) is 12.4 Å². The first-order valence-corrected chi connectivity index (χ1v) is 5.15. The fourth-order valence-electron chi connectivity index (χ4n) is 1.17. The number of hydrogen-bond donors (Lipinski definition) is 0. The van der Waals surface area contributed by atoms with E-state index in [9.17, 15) is 0 Å². The summed E-state index contributed by atoms with van der Waals surface area (Å²) in [5, 5.41) is 0. The molecule has 1 aromatic rings. The van der Waals surface area contributed by atoms with Gasteiger partial charge in [0.2, 0.25) is 0 Å². The lowest BCUT2D eigenvalue weighted by Gasteiger charge is -1.92. The Morgan fingerprint density at radius 2 is 1.00 bits per heavy atom. The van der Waals surface area contributed by atoms with Crippen LogP contribution in [0.4, 0.5) is 0 Å². The second-order valence-electron chi connectivity index (χ2n) is 3.12. The lowest BCUT2D eigenvalue weighted by molar-refractivity contribution is 0.962. The average Bonchev–Trinajstić information content (AvgIpc) is 2.20. The highest BCUT2D eigenvalue weighted by Gasteiger charge is 1.81. The lowest BCUT2D eigenvalue weighted by atomic mass is 10.1. The predicted molar refractivity (Wildman–Crippen MR) is 61.0 cm³/mol. The Balaban J connectivity index is 0.000000146. The smallest absolute Gasteiger partial charge is 0.0267 e. The van der Waals surface area contributed by atoms with E-state index in [-0.39, 0.29) is 0 Å². The van der Waals surface area contributed by atoms with Crippen molar-refractivity contribution in [3.63, 3.8) is 0 Å². The van der Waals surface area contributed by atoms with Gasteiger partial charge in [0.05, 0.1) is 0 Å². The van der Waals surface area contributed by atoms with Crippen LogP contribution in [0.15, 0.2) is 54.9 Å². The van der Waals surface area contributed by atoms with Crippen LogP contribution in [0.5, 0.6) is 0 Å². The van der Waals surface area contributed by atoms with Crippen molar-refractivity contribution in [2.75, 3.05) is 0 Å². The van der Waals surface area contributed by atoms with Gasteiger partial charge in [0.1, 0.15) is 0 Å². The van der Waals surface area contributed by atoms with E-state index in [0.29, 0.717) is 0 Å². The summed E-state index contributed by atoms with van der Waals surface area (Å²) in [4.78, 5) is 3.78. The van der Waals surface area contributed by atoms with Gasteiger partial charge in [-0.05, 0) is 37.8 Å². The van der Waals surface area contributed by atoms with E-state index in [1.165, 1.54) is 25.7 Å². The van der Waals surface area contributed by atoms with Crippen LogP contribution in [0.25, 0.3) is 0 Å². The van der Waals surface area contributed by atoms with Crippen molar-refractivity contribution < 1.29 is 0 Å². The maximum Gasteiger partial charge on any atom is 0.0267 e. The summed E-state index contributed by atoms with van der Waals surface area (Å²) < 4.78 is 0. The predicted octanol–water partition coefficient (Wildman–Crippen LogP) is 3.75. The summed E-state index contributed by atoms with van der Waals surface area (Å²) in [5.41, 5.74) is 0. The van der Waals surface area contributed by atoms with E-state index in [4.69, 9.17) is 0 Å². The summed E-state index contributed by atoms with van der Waals surface area (Å²) in [7, 11) is 0. The molecule has 0 fully saturated rings. The SMILES string of the molecule is C1=CCCC=CCC1.c1ccncc1. The van der Waals surface area contributed by atoms with Gasteiger partial charge in [-0.25, -0.2) is 0 Å². The maximum absolute atomic E-state index is 3.78. The van der Waals surface area contributed by atoms with E-state index in [1.54, 1.807) is 12.4 Å². The van der Waals surface area contributed by atoms with Crippen molar-refractivity contribution >= 4 is 0 Å². The molecule has 1 aliphatic carbocycles. The molecule has 74 valence electrons. The molecule has 2 rings (SSSR count). The molecule has 0 amide bonds. The average molecular weight is 187 g/mol. The van der Waals surface area contributed by atoms with Gasteiger partial charge in [0.15, 0.2) is 0 Å². The fourth-order valence-corrected chi connectivity index (χ4v) is 1.17. The van der Waals surface area contributed by atoms with Crippen LogP contribution in [-0.2, 0) is 0 Å². The highest BCUT2D eigenvalue weighted by molar-refractivity contribution is 4.93. The molecule has 0 spiro atoms. The normalized spacial score (nSPS) is 14.9. The minimum absolute atomic E-state index is 1.23. The van der Waals surface area contributed by atoms with Gasteiger partial charge < -0.3 is 0 Å². The molecule has 1 nitrogen and oxygen atoms in total. The van der Waals surface area contributed by atoms with Crippen molar-refractivity contribution in [2.45, 2.75) is 25.7 Å². The molecule has 1 aromatic heterocycles. The number of aromatic nitrogens is 1.